The first-order valence-electron chi connectivity index (χ1n) is 8.34. The van der Waals surface area contributed by atoms with Gasteiger partial charge < -0.3 is 19.5 Å². The van der Waals surface area contributed by atoms with Crippen LogP contribution in [0.25, 0.3) is 0 Å². The molecule has 0 spiro atoms. The van der Waals surface area contributed by atoms with Crippen LogP contribution in [0.15, 0.2) is 6.07 Å². The number of hydrogen-bond acceptors (Lipinski definition) is 5. The maximum Gasteiger partial charge on any atom is 0.410 e. The Hall–Kier alpha value is -1.47. The number of carbonyl (C=O) groups is 2. The van der Waals surface area contributed by atoms with Gasteiger partial charge in [0.1, 0.15) is 17.5 Å². The Kier molecular flexibility index (Phi) is 4.90. The highest BCUT2D eigenvalue weighted by Crippen LogP contribution is 2.40. The van der Waals surface area contributed by atoms with Crippen molar-refractivity contribution in [2.75, 3.05) is 0 Å². The van der Waals surface area contributed by atoms with Crippen molar-refractivity contribution in [3.05, 3.63) is 15.3 Å². The first kappa shape index (κ1) is 18.3. The van der Waals surface area contributed by atoms with E-state index in [0.29, 0.717) is 22.9 Å². The lowest BCUT2D eigenvalue weighted by Crippen LogP contribution is -2.50. The molecule has 3 heterocycles. The van der Waals surface area contributed by atoms with Crippen molar-refractivity contribution in [2.24, 2.45) is 0 Å². The molecule has 0 aliphatic carbocycles. The number of amides is 1. The van der Waals surface area contributed by atoms with Crippen LogP contribution in [0, 0.1) is 0 Å². The minimum atomic E-state index is -1.04. The van der Waals surface area contributed by atoms with Crippen LogP contribution in [-0.2, 0) is 4.74 Å². The van der Waals surface area contributed by atoms with Crippen molar-refractivity contribution >= 4 is 35.0 Å². The molecule has 1 aromatic heterocycles. The van der Waals surface area contributed by atoms with Gasteiger partial charge in [0.2, 0.25) is 0 Å². The number of carboxylic acid groups (broad SMARTS) is 1. The van der Waals surface area contributed by atoms with Gasteiger partial charge in [-0.1, -0.05) is 11.6 Å². The molecule has 3 atom stereocenters. The molecule has 2 bridgehead atoms. The third kappa shape index (κ3) is 4.03. The summed E-state index contributed by atoms with van der Waals surface area (Å²) in [6.45, 7) is 5.57. The lowest BCUT2D eigenvalue weighted by Gasteiger charge is -2.39. The molecule has 1 amide bonds. The standard InChI is InChI=1S/C17H22ClNO5S/c1-17(2,3)24-16(22)19-9-4-5-10(19)7-11(6-9)23-12-8-13(18)25-14(12)15(20)21/h8-11H,4-7H2,1-3H3,(H,20,21)/t9-,10+,11?. The minimum absolute atomic E-state index is 0.0704. The van der Waals surface area contributed by atoms with E-state index in [1.54, 1.807) is 6.07 Å². The zero-order valence-electron chi connectivity index (χ0n) is 14.5. The molecule has 6 nitrogen and oxygen atoms in total. The van der Waals surface area contributed by atoms with Gasteiger partial charge in [0.05, 0.1) is 4.34 Å². The highest BCUT2D eigenvalue weighted by atomic mass is 35.5. The quantitative estimate of drug-likeness (QED) is 0.831. The molecule has 25 heavy (non-hydrogen) atoms. The number of carbonyl (C=O) groups excluding carboxylic acids is 1. The van der Waals surface area contributed by atoms with Crippen molar-refractivity contribution in [2.45, 2.75) is 70.2 Å². The Morgan fingerprint density at radius 3 is 2.40 bits per heavy atom. The van der Waals surface area contributed by atoms with Gasteiger partial charge in [-0.05, 0) is 33.6 Å². The first-order valence-corrected chi connectivity index (χ1v) is 9.54. The third-order valence-corrected chi connectivity index (χ3v) is 5.68. The largest absolute Gasteiger partial charge is 0.488 e. The highest BCUT2D eigenvalue weighted by molar-refractivity contribution is 7.18. The van der Waals surface area contributed by atoms with Gasteiger partial charge in [0.15, 0.2) is 4.88 Å². The second kappa shape index (κ2) is 6.68. The number of piperidine rings is 1. The molecular formula is C17H22ClNO5S. The van der Waals surface area contributed by atoms with Crippen LogP contribution in [0.2, 0.25) is 4.34 Å². The van der Waals surface area contributed by atoms with Crippen molar-refractivity contribution in [3.63, 3.8) is 0 Å². The minimum Gasteiger partial charge on any atom is -0.488 e. The van der Waals surface area contributed by atoms with Crippen LogP contribution < -0.4 is 4.74 Å². The average Bonchev–Trinajstić information content (AvgIpc) is 2.95. The normalized spacial score (nSPS) is 25.8. The van der Waals surface area contributed by atoms with Gasteiger partial charge in [-0.25, -0.2) is 9.59 Å². The lowest BCUT2D eigenvalue weighted by atomic mass is 10.00. The summed E-state index contributed by atoms with van der Waals surface area (Å²) < 4.78 is 11.9. The van der Waals surface area contributed by atoms with E-state index in [2.05, 4.69) is 0 Å². The smallest absolute Gasteiger partial charge is 0.410 e. The molecular weight excluding hydrogens is 366 g/mol. The van der Waals surface area contributed by atoms with E-state index in [1.165, 1.54) is 0 Å². The van der Waals surface area contributed by atoms with E-state index in [-0.39, 0.29) is 29.2 Å². The molecule has 2 aliphatic heterocycles. The summed E-state index contributed by atoms with van der Waals surface area (Å²) >= 11 is 6.93. The Labute approximate surface area is 155 Å². The summed E-state index contributed by atoms with van der Waals surface area (Å²) in [7, 11) is 0. The summed E-state index contributed by atoms with van der Waals surface area (Å²) in [5, 5.41) is 9.25. The van der Waals surface area contributed by atoms with Crippen molar-refractivity contribution in [1.29, 1.82) is 0 Å². The Bertz CT molecular complexity index is 669. The molecule has 138 valence electrons. The number of fused-ring (bicyclic) bond motifs is 2. The number of nitrogens with zero attached hydrogens (tertiary/aromatic N) is 1. The Morgan fingerprint density at radius 1 is 1.28 bits per heavy atom. The van der Waals surface area contributed by atoms with Crippen LogP contribution in [-0.4, -0.2) is 45.9 Å². The fourth-order valence-corrected chi connectivity index (χ4v) is 4.58. The Balaban J connectivity index is 1.68. The van der Waals surface area contributed by atoms with Gasteiger partial charge in [0.25, 0.3) is 0 Å². The van der Waals surface area contributed by atoms with Gasteiger partial charge in [-0.2, -0.15) is 0 Å². The number of carboxylic acids is 1. The second-order valence-electron chi connectivity index (χ2n) is 7.53. The van der Waals surface area contributed by atoms with Crippen LogP contribution in [0.4, 0.5) is 4.79 Å². The first-order chi connectivity index (χ1) is 11.6. The molecule has 1 N–H and O–H groups in total. The average molecular weight is 388 g/mol. The number of rotatable bonds is 3. The predicted molar refractivity (Wildman–Crippen MR) is 94.8 cm³/mol. The molecule has 3 rings (SSSR count). The van der Waals surface area contributed by atoms with Gasteiger partial charge >= 0.3 is 12.1 Å². The van der Waals surface area contributed by atoms with Crippen molar-refractivity contribution < 1.29 is 24.2 Å². The van der Waals surface area contributed by atoms with E-state index < -0.39 is 11.6 Å². The van der Waals surface area contributed by atoms with E-state index in [4.69, 9.17) is 21.1 Å². The summed E-state index contributed by atoms with van der Waals surface area (Å²) in [4.78, 5) is 25.7. The number of ether oxygens (including phenoxy) is 2. The van der Waals surface area contributed by atoms with Crippen LogP contribution in [0.3, 0.4) is 0 Å². The molecule has 2 aliphatic rings. The zero-order valence-corrected chi connectivity index (χ0v) is 16.0. The zero-order chi connectivity index (χ0) is 18.4. The highest BCUT2D eigenvalue weighted by Gasteiger charge is 2.45. The molecule has 2 saturated heterocycles. The van der Waals surface area contributed by atoms with E-state index in [1.807, 2.05) is 25.7 Å². The SMILES string of the molecule is CC(C)(C)OC(=O)N1[C@@H]2CC[C@H]1CC(Oc1cc(Cl)sc1C(=O)O)C2. The van der Waals surface area contributed by atoms with E-state index in [0.717, 1.165) is 24.2 Å². The van der Waals surface area contributed by atoms with Crippen molar-refractivity contribution in [1.82, 2.24) is 4.90 Å². The Morgan fingerprint density at radius 2 is 1.88 bits per heavy atom. The molecule has 0 radical (unpaired) electrons. The maximum absolute atomic E-state index is 12.5. The fraction of sp³-hybridized carbons (Fsp3) is 0.647. The van der Waals surface area contributed by atoms with Crippen molar-refractivity contribution in [3.8, 4) is 5.75 Å². The van der Waals surface area contributed by atoms with Crippen LogP contribution in [0.1, 0.15) is 56.1 Å². The number of thiophene rings is 1. The van der Waals surface area contributed by atoms with Gasteiger partial charge in [0, 0.05) is 31.0 Å². The lowest BCUT2D eigenvalue weighted by molar-refractivity contribution is -0.00707. The predicted octanol–water partition coefficient (Wildman–Crippen LogP) is 4.41. The molecule has 1 aromatic rings. The number of aromatic carboxylic acids is 1. The molecule has 8 heteroatoms. The van der Waals surface area contributed by atoms with E-state index in [9.17, 15) is 14.7 Å². The van der Waals surface area contributed by atoms with Gasteiger partial charge in [-0.15, -0.1) is 11.3 Å². The molecule has 1 unspecified atom stereocenters. The topological polar surface area (TPSA) is 76.1 Å². The monoisotopic (exact) mass is 387 g/mol. The maximum atomic E-state index is 12.5. The molecule has 0 aromatic carbocycles. The third-order valence-electron chi connectivity index (χ3n) is 4.45. The summed E-state index contributed by atoms with van der Waals surface area (Å²) in [6, 6.07) is 1.69. The van der Waals surface area contributed by atoms with Crippen LogP contribution in [0.5, 0.6) is 5.75 Å². The number of hydrogen-bond donors (Lipinski definition) is 1. The van der Waals surface area contributed by atoms with Gasteiger partial charge in [-0.3, -0.25) is 0 Å². The fourth-order valence-electron chi connectivity index (χ4n) is 3.60. The summed E-state index contributed by atoms with van der Waals surface area (Å²) in [5.41, 5.74) is -0.520. The summed E-state index contributed by atoms with van der Waals surface area (Å²) in [6.07, 6.45) is 2.77. The summed E-state index contributed by atoms with van der Waals surface area (Å²) in [5.74, 6) is -0.723. The second-order valence-corrected chi connectivity index (χ2v) is 9.22. The van der Waals surface area contributed by atoms with Crippen LogP contribution >= 0.6 is 22.9 Å². The van der Waals surface area contributed by atoms with E-state index >= 15 is 0 Å². The molecule has 0 saturated carbocycles. The molecule has 2 fully saturated rings. The number of halogens is 1.